The minimum Gasteiger partial charge on any atom is -0.466 e. The highest BCUT2D eigenvalue weighted by Crippen LogP contribution is 2.22. The number of hydrogen-bond donors (Lipinski definition) is 1. The molecule has 1 aliphatic rings. The van der Waals surface area contributed by atoms with Crippen molar-refractivity contribution in [1.29, 1.82) is 0 Å². The van der Waals surface area contributed by atoms with E-state index in [0.717, 1.165) is 0 Å². The summed E-state index contributed by atoms with van der Waals surface area (Å²) in [6, 6.07) is 8.76. The van der Waals surface area contributed by atoms with E-state index in [1.54, 1.807) is 49.1 Å². The lowest BCUT2D eigenvalue weighted by Crippen LogP contribution is -2.48. The van der Waals surface area contributed by atoms with Gasteiger partial charge >= 0.3 is 0 Å². The van der Waals surface area contributed by atoms with Crippen molar-refractivity contribution in [3.8, 4) is 0 Å². The number of para-hydroxylation sites is 1. The fraction of sp³-hybridized carbons (Fsp3) is 0.400. The first-order valence-corrected chi connectivity index (χ1v) is 8.77. The number of ether oxygens (including phenoxy) is 1. The zero-order valence-corrected chi connectivity index (χ0v) is 15.5. The topological polar surface area (TPSA) is 71.8 Å². The first-order valence-electron chi connectivity index (χ1n) is 8.77. The molecule has 0 bridgehead atoms. The molecule has 1 aromatic heterocycles. The number of hydrogen-bond acceptors (Lipinski definition) is 4. The average Bonchev–Trinajstić information content (AvgIpc) is 2.92. The molecule has 2 aromatic rings. The van der Waals surface area contributed by atoms with E-state index < -0.39 is 0 Å². The van der Waals surface area contributed by atoms with Gasteiger partial charge < -0.3 is 19.4 Å². The number of nitrogens with one attached hydrogen (secondary N) is 1. The summed E-state index contributed by atoms with van der Waals surface area (Å²) >= 11 is 0. The number of carbonyl (C=O) groups is 2. The SMILES string of the molecule is Cc1cc(C(=O)Nc2ccccc2C(=O)N2C[C@@H](C)O[C@H](C)C2)c(C)o1. The van der Waals surface area contributed by atoms with Crippen LogP contribution in [0.3, 0.4) is 0 Å². The van der Waals surface area contributed by atoms with Crippen molar-refractivity contribution >= 4 is 17.5 Å². The summed E-state index contributed by atoms with van der Waals surface area (Å²) in [5, 5.41) is 2.85. The number of furan rings is 1. The van der Waals surface area contributed by atoms with Crippen LogP contribution in [0.2, 0.25) is 0 Å². The van der Waals surface area contributed by atoms with Crippen molar-refractivity contribution in [1.82, 2.24) is 4.90 Å². The predicted molar refractivity (Wildman–Crippen MR) is 98.5 cm³/mol. The monoisotopic (exact) mass is 356 g/mol. The maximum Gasteiger partial charge on any atom is 0.259 e. The number of amides is 2. The molecule has 1 aliphatic heterocycles. The van der Waals surface area contributed by atoms with E-state index in [0.29, 0.717) is 41.4 Å². The molecular weight excluding hydrogens is 332 g/mol. The van der Waals surface area contributed by atoms with Crippen LogP contribution < -0.4 is 5.32 Å². The van der Waals surface area contributed by atoms with E-state index >= 15 is 0 Å². The van der Waals surface area contributed by atoms with Gasteiger partial charge in [-0.15, -0.1) is 0 Å². The number of anilines is 1. The lowest BCUT2D eigenvalue weighted by molar-refractivity contribution is -0.0585. The Bertz CT molecular complexity index is 817. The molecule has 138 valence electrons. The number of benzene rings is 1. The van der Waals surface area contributed by atoms with Crippen molar-refractivity contribution in [3.63, 3.8) is 0 Å². The minimum absolute atomic E-state index is 0.0130. The van der Waals surface area contributed by atoms with Gasteiger partial charge in [0.15, 0.2) is 0 Å². The van der Waals surface area contributed by atoms with Crippen LogP contribution in [0.4, 0.5) is 5.69 Å². The Kier molecular flexibility index (Phi) is 5.13. The third kappa shape index (κ3) is 3.80. The van der Waals surface area contributed by atoms with E-state index in [1.807, 2.05) is 13.8 Å². The van der Waals surface area contributed by atoms with E-state index in [9.17, 15) is 9.59 Å². The number of rotatable bonds is 3. The van der Waals surface area contributed by atoms with Gasteiger partial charge in [-0.25, -0.2) is 0 Å². The lowest BCUT2D eigenvalue weighted by Gasteiger charge is -2.35. The van der Waals surface area contributed by atoms with Crippen LogP contribution in [0, 0.1) is 13.8 Å². The van der Waals surface area contributed by atoms with Gasteiger partial charge in [0.05, 0.1) is 29.0 Å². The molecule has 26 heavy (non-hydrogen) atoms. The second-order valence-electron chi connectivity index (χ2n) is 6.79. The van der Waals surface area contributed by atoms with Crippen LogP contribution in [-0.4, -0.2) is 42.0 Å². The van der Waals surface area contributed by atoms with Crippen LogP contribution in [0.1, 0.15) is 46.1 Å². The zero-order valence-electron chi connectivity index (χ0n) is 15.5. The zero-order chi connectivity index (χ0) is 18.8. The van der Waals surface area contributed by atoms with Gasteiger partial charge in [-0.1, -0.05) is 12.1 Å². The van der Waals surface area contributed by atoms with Crippen LogP contribution in [0.5, 0.6) is 0 Å². The van der Waals surface area contributed by atoms with Crippen LogP contribution >= 0.6 is 0 Å². The molecule has 0 aliphatic carbocycles. The molecule has 2 atom stereocenters. The average molecular weight is 356 g/mol. The van der Waals surface area contributed by atoms with Crippen molar-refractivity contribution in [3.05, 3.63) is 53.0 Å². The third-order valence-corrected chi connectivity index (χ3v) is 4.40. The van der Waals surface area contributed by atoms with Crippen molar-refractivity contribution in [2.24, 2.45) is 0 Å². The summed E-state index contributed by atoms with van der Waals surface area (Å²) < 4.78 is 11.1. The van der Waals surface area contributed by atoms with Gasteiger partial charge in [0.1, 0.15) is 11.5 Å². The van der Waals surface area contributed by atoms with Gasteiger partial charge in [-0.3, -0.25) is 9.59 Å². The van der Waals surface area contributed by atoms with E-state index in [2.05, 4.69) is 5.32 Å². The Labute approximate surface area is 153 Å². The predicted octanol–water partition coefficient (Wildman–Crippen LogP) is 3.40. The number of nitrogens with zero attached hydrogens (tertiary/aromatic N) is 1. The highest BCUT2D eigenvalue weighted by atomic mass is 16.5. The van der Waals surface area contributed by atoms with E-state index in [4.69, 9.17) is 9.15 Å². The smallest absolute Gasteiger partial charge is 0.259 e. The summed E-state index contributed by atoms with van der Waals surface area (Å²) in [5.41, 5.74) is 1.44. The molecule has 1 saturated heterocycles. The Morgan fingerprint density at radius 2 is 1.73 bits per heavy atom. The summed E-state index contributed by atoms with van der Waals surface area (Å²) in [6.07, 6.45) is -0.0259. The highest BCUT2D eigenvalue weighted by molar-refractivity contribution is 6.09. The summed E-state index contributed by atoms with van der Waals surface area (Å²) in [4.78, 5) is 27.4. The van der Waals surface area contributed by atoms with Crippen molar-refractivity contribution < 1.29 is 18.7 Å². The molecule has 1 fully saturated rings. The van der Waals surface area contributed by atoms with Crippen LogP contribution in [-0.2, 0) is 4.74 Å². The summed E-state index contributed by atoms with van der Waals surface area (Å²) in [5.74, 6) is 0.833. The van der Waals surface area contributed by atoms with Gasteiger partial charge in [-0.05, 0) is 45.9 Å². The molecule has 1 N–H and O–H groups in total. The van der Waals surface area contributed by atoms with Crippen molar-refractivity contribution in [2.75, 3.05) is 18.4 Å². The first kappa shape index (κ1) is 18.2. The molecule has 2 amide bonds. The second-order valence-corrected chi connectivity index (χ2v) is 6.79. The lowest BCUT2D eigenvalue weighted by atomic mass is 10.1. The molecule has 0 radical (unpaired) electrons. The molecular formula is C20H24N2O4. The molecule has 3 rings (SSSR count). The molecule has 6 nitrogen and oxygen atoms in total. The Hall–Kier alpha value is -2.60. The van der Waals surface area contributed by atoms with Gasteiger partial charge in [0.25, 0.3) is 11.8 Å². The largest absolute Gasteiger partial charge is 0.466 e. The van der Waals surface area contributed by atoms with E-state index in [1.165, 1.54) is 0 Å². The Morgan fingerprint density at radius 3 is 2.35 bits per heavy atom. The fourth-order valence-corrected chi connectivity index (χ4v) is 3.34. The molecule has 6 heteroatoms. The Morgan fingerprint density at radius 1 is 1.08 bits per heavy atom. The van der Waals surface area contributed by atoms with Crippen LogP contribution in [0.15, 0.2) is 34.7 Å². The maximum absolute atomic E-state index is 13.0. The first-order chi connectivity index (χ1) is 12.3. The van der Waals surface area contributed by atoms with Gasteiger partial charge in [0, 0.05) is 13.1 Å². The van der Waals surface area contributed by atoms with Crippen LogP contribution in [0.25, 0.3) is 0 Å². The second kappa shape index (κ2) is 7.33. The van der Waals surface area contributed by atoms with Crippen molar-refractivity contribution in [2.45, 2.75) is 39.9 Å². The molecule has 0 spiro atoms. The summed E-state index contributed by atoms with van der Waals surface area (Å²) in [7, 11) is 0. The number of aryl methyl sites for hydroxylation is 2. The fourth-order valence-electron chi connectivity index (χ4n) is 3.34. The molecule has 0 unspecified atom stereocenters. The molecule has 0 saturated carbocycles. The number of morpholine rings is 1. The molecule has 1 aromatic carbocycles. The van der Waals surface area contributed by atoms with E-state index in [-0.39, 0.29) is 24.0 Å². The third-order valence-electron chi connectivity index (χ3n) is 4.40. The standard InChI is InChI=1S/C20H24N2O4/c1-12-9-17(15(4)26-12)19(23)21-18-8-6-5-7-16(18)20(24)22-10-13(2)25-14(3)11-22/h5-9,13-14H,10-11H2,1-4H3,(H,21,23)/t13-,14-/m1/s1. The normalized spacial score (nSPS) is 20.1. The van der Waals surface area contributed by atoms with Gasteiger partial charge in [-0.2, -0.15) is 0 Å². The number of carbonyl (C=O) groups excluding carboxylic acids is 2. The quantitative estimate of drug-likeness (QED) is 0.915. The van der Waals surface area contributed by atoms with Gasteiger partial charge in [0.2, 0.25) is 0 Å². The Balaban J connectivity index is 1.83. The summed E-state index contributed by atoms with van der Waals surface area (Å²) in [6.45, 7) is 8.51. The maximum atomic E-state index is 13.0. The molecule has 2 heterocycles. The minimum atomic E-state index is -0.289. The highest BCUT2D eigenvalue weighted by Gasteiger charge is 2.28.